The van der Waals surface area contributed by atoms with E-state index in [2.05, 4.69) is 52.4 Å². The summed E-state index contributed by atoms with van der Waals surface area (Å²) in [7, 11) is 4.18. The highest BCUT2D eigenvalue weighted by Crippen LogP contribution is 2.27. The van der Waals surface area contributed by atoms with E-state index >= 15 is 0 Å². The van der Waals surface area contributed by atoms with Gasteiger partial charge in [-0.3, -0.25) is 4.98 Å². The average molecular weight is 363 g/mol. The van der Waals surface area contributed by atoms with Crippen LogP contribution in [0.25, 0.3) is 16.7 Å². The van der Waals surface area contributed by atoms with Crippen LogP contribution in [0.15, 0.2) is 36.4 Å². The van der Waals surface area contributed by atoms with Crippen LogP contribution in [0.4, 0.5) is 5.82 Å². The fourth-order valence-corrected chi connectivity index (χ4v) is 3.57. The fourth-order valence-electron chi connectivity index (χ4n) is 3.57. The molecule has 0 amide bonds. The molecule has 1 aromatic carbocycles. The molecular weight excluding hydrogens is 334 g/mol. The maximum absolute atomic E-state index is 9.83. The summed E-state index contributed by atoms with van der Waals surface area (Å²) in [5.74, 6) is 1.06. The second kappa shape index (κ2) is 7.81. The Morgan fingerprint density at radius 3 is 2.74 bits per heavy atom. The SMILES string of the molecule is C=C(C)Cc1c(C)c(C#N)c2[nH]c3ccccc3[n+]2c1NCCCN(C)C. The van der Waals surface area contributed by atoms with Crippen molar-refractivity contribution in [1.82, 2.24) is 9.88 Å². The number of aromatic amines is 1. The molecule has 2 aromatic heterocycles. The minimum atomic E-state index is 0.696. The summed E-state index contributed by atoms with van der Waals surface area (Å²) in [4.78, 5) is 5.63. The van der Waals surface area contributed by atoms with Crippen LogP contribution >= 0.6 is 0 Å². The number of H-pyrrole nitrogens is 1. The number of hydrogen-bond acceptors (Lipinski definition) is 3. The summed E-state index contributed by atoms with van der Waals surface area (Å²) in [6.07, 6.45) is 1.79. The highest BCUT2D eigenvalue weighted by molar-refractivity contribution is 5.78. The first kappa shape index (κ1) is 18.9. The van der Waals surface area contributed by atoms with Gasteiger partial charge in [0.15, 0.2) is 0 Å². The molecule has 5 heteroatoms. The standard InChI is InChI=1S/C22H27N5/c1-15(2)13-17-16(3)18(14-23)22-25-19-9-6-7-10-20(19)27(22)21(17)24-11-8-12-26(4)5/h6-7,9-10H,1,8,11-13H2,2-5H3,(H,24,25)/p+1. The van der Waals surface area contributed by atoms with Gasteiger partial charge in [0.05, 0.1) is 6.54 Å². The van der Waals surface area contributed by atoms with Crippen LogP contribution in [-0.4, -0.2) is 37.1 Å². The van der Waals surface area contributed by atoms with Gasteiger partial charge in [-0.15, -0.1) is 0 Å². The first-order valence-electron chi connectivity index (χ1n) is 9.35. The third-order valence-electron chi connectivity index (χ3n) is 4.86. The summed E-state index contributed by atoms with van der Waals surface area (Å²) < 4.78 is 2.16. The molecule has 27 heavy (non-hydrogen) atoms. The van der Waals surface area contributed by atoms with Gasteiger partial charge in [0, 0.05) is 12.1 Å². The zero-order chi connectivity index (χ0) is 19.6. The Morgan fingerprint density at radius 2 is 2.07 bits per heavy atom. The van der Waals surface area contributed by atoms with Crippen molar-refractivity contribution in [3.63, 3.8) is 0 Å². The summed E-state index contributed by atoms with van der Waals surface area (Å²) in [6.45, 7) is 10.1. The minimum Gasteiger partial charge on any atom is -0.309 e. The number of nitrogens with one attached hydrogen (secondary N) is 2. The molecule has 0 radical (unpaired) electrons. The maximum Gasteiger partial charge on any atom is 0.250 e. The number of allylic oxidation sites excluding steroid dienone is 1. The molecule has 140 valence electrons. The number of nitrogens with zero attached hydrogens (tertiary/aromatic N) is 3. The first-order valence-corrected chi connectivity index (χ1v) is 9.35. The monoisotopic (exact) mass is 362 g/mol. The van der Waals surface area contributed by atoms with Gasteiger partial charge in [-0.25, -0.2) is 0 Å². The highest BCUT2D eigenvalue weighted by atomic mass is 15.1. The van der Waals surface area contributed by atoms with Crippen molar-refractivity contribution in [3.8, 4) is 6.07 Å². The molecule has 0 aliphatic carbocycles. The third kappa shape index (κ3) is 3.67. The number of imidazole rings is 1. The summed E-state index contributed by atoms with van der Waals surface area (Å²) in [5, 5.41) is 13.5. The topological polar surface area (TPSA) is 59.0 Å². The van der Waals surface area contributed by atoms with Crippen LogP contribution in [-0.2, 0) is 6.42 Å². The molecule has 0 aliphatic heterocycles. The zero-order valence-electron chi connectivity index (χ0n) is 16.7. The van der Waals surface area contributed by atoms with Gasteiger partial charge in [-0.2, -0.15) is 9.66 Å². The Kier molecular flexibility index (Phi) is 5.48. The third-order valence-corrected chi connectivity index (χ3v) is 4.86. The molecule has 2 N–H and O–H groups in total. The van der Waals surface area contributed by atoms with Gasteiger partial charge in [-0.05, 0) is 58.5 Å². The number of aromatic nitrogens is 2. The lowest BCUT2D eigenvalue weighted by molar-refractivity contribution is -0.465. The van der Waals surface area contributed by atoms with Gasteiger partial charge in [0.25, 0.3) is 0 Å². The predicted octanol–water partition coefficient (Wildman–Crippen LogP) is 3.57. The second-order valence-electron chi connectivity index (χ2n) is 7.48. The molecule has 0 atom stereocenters. The van der Waals surface area contributed by atoms with E-state index in [1.54, 1.807) is 0 Å². The number of pyridine rings is 1. The summed E-state index contributed by atoms with van der Waals surface area (Å²) in [6, 6.07) is 10.6. The number of fused-ring (bicyclic) bond motifs is 3. The second-order valence-corrected chi connectivity index (χ2v) is 7.48. The van der Waals surface area contributed by atoms with Crippen LogP contribution in [0, 0.1) is 18.3 Å². The quantitative estimate of drug-likeness (QED) is 0.384. The van der Waals surface area contributed by atoms with Crippen molar-refractivity contribution < 1.29 is 4.40 Å². The van der Waals surface area contributed by atoms with Crippen molar-refractivity contribution in [2.45, 2.75) is 26.7 Å². The van der Waals surface area contributed by atoms with Gasteiger partial charge in [0.1, 0.15) is 22.7 Å². The van der Waals surface area contributed by atoms with E-state index in [0.717, 1.165) is 65.1 Å². The average Bonchev–Trinajstić information content (AvgIpc) is 2.99. The van der Waals surface area contributed by atoms with Gasteiger partial charge >= 0.3 is 0 Å². The van der Waals surface area contributed by atoms with Crippen molar-refractivity contribution in [2.75, 3.05) is 32.5 Å². The van der Waals surface area contributed by atoms with Crippen molar-refractivity contribution in [2.24, 2.45) is 0 Å². The van der Waals surface area contributed by atoms with E-state index in [1.807, 2.05) is 32.0 Å². The molecule has 0 saturated carbocycles. The molecule has 0 saturated heterocycles. The lowest BCUT2D eigenvalue weighted by Gasteiger charge is -2.15. The minimum absolute atomic E-state index is 0.696. The van der Waals surface area contributed by atoms with Crippen molar-refractivity contribution in [3.05, 3.63) is 53.1 Å². The molecule has 3 rings (SSSR count). The van der Waals surface area contributed by atoms with Crippen LogP contribution in [0.1, 0.15) is 30.0 Å². The van der Waals surface area contributed by atoms with Crippen molar-refractivity contribution >= 4 is 22.5 Å². The summed E-state index contributed by atoms with van der Waals surface area (Å²) >= 11 is 0. The Balaban J connectivity index is 2.24. The molecule has 0 aliphatic rings. The Morgan fingerprint density at radius 1 is 1.33 bits per heavy atom. The van der Waals surface area contributed by atoms with E-state index in [9.17, 15) is 5.26 Å². The largest absolute Gasteiger partial charge is 0.309 e. The number of para-hydroxylation sites is 2. The zero-order valence-corrected chi connectivity index (χ0v) is 16.7. The Hall–Kier alpha value is -2.84. The lowest BCUT2D eigenvalue weighted by Crippen LogP contribution is -2.30. The number of rotatable bonds is 7. The van der Waals surface area contributed by atoms with Crippen LogP contribution < -0.4 is 9.72 Å². The highest BCUT2D eigenvalue weighted by Gasteiger charge is 2.25. The molecular formula is C22H28N5+. The molecule has 3 aromatic rings. The van der Waals surface area contributed by atoms with Crippen LogP contribution in [0.5, 0.6) is 0 Å². The number of nitriles is 1. The summed E-state index contributed by atoms with van der Waals surface area (Å²) in [5.41, 5.74) is 6.88. The van der Waals surface area contributed by atoms with Crippen LogP contribution in [0.3, 0.4) is 0 Å². The molecule has 0 spiro atoms. The van der Waals surface area contributed by atoms with E-state index < -0.39 is 0 Å². The number of hydrogen-bond donors (Lipinski definition) is 2. The Labute approximate surface area is 160 Å². The fraction of sp³-hybridized carbons (Fsp3) is 0.364. The van der Waals surface area contributed by atoms with Crippen LogP contribution in [0.2, 0.25) is 0 Å². The Bertz CT molecular complexity index is 1040. The molecule has 0 unspecified atom stereocenters. The van der Waals surface area contributed by atoms with E-state index in [1.165, 1.54) is 0 Å². The van der Waals surface area contributed by atoms with Crippen molar-refractivity contribution in [1.29, 1.82) is 5.26 Å². The molecule has 0 bridgehead atoms. The van der Waals surface area contributed by atoms with Gasteiger partial charge < -0.3 is 10.2 Å². The first-order chi connectivity index (χ1) is 12.9. The normalized spacial score (nSPS) is 11.3. The molecule has 0 fully saturated rings. The van der Waals surface area contributed by atoms with Gasteiger partial charge in [0.2, 0.25) is 11.5 Å². The number of anilines is 1. The smallest absolute Gasteiger partial charge is 0.250 e. The lowest BCUT2D eigenvalue weighted by atomic mass is 9.99. The number of benzene rings is 1. The predicted molar refractivity (Wildman–Crippen MR) is 111 cm³/mol. The van der Waals surface area contributed by atoms with Gasteiger partial charge in [-0.1, -0.05) is 24.3 Å². The molecule has 5 nitrogen and oxygen atoms in total. The van der Waals surface area contributed by atoms with E-state index in [4.69, 9.17) is 0 Å². The van der Waals surface area contributed by atoms with E-state index in [0.29, 0.717) is 5.56 Å². The maximum atomic E-state index is 9.83. The molecule has 2 heterocycles. The van der Waals surface area contributed by atoms with E-state index in [-0.39, 0.29) is 0 Å².